The van der Waals surface area contributed by atoms with Crippen LogP contribution in [0.1, 0.15) is 80.1 Å². The molecule has 0 saturated heterocycles. The Hall–Kier alpha value is -0.883. The van der Waals surface area contributed by atoms with Crippen LogP contribution in [-0.2, 0) is 23.5 Å². The second-order valence-electron chi connectivity index (χ2n) is 8.65. The molecule has 6 heteroatoms. The minimum Gasteiger partial charge on any atom is -0.465 e. The van der Waals surface area contributed by atoms with Gasteiger partial charge in [0.15, 0.2) is 13.7 Å². The van der Waals surface area contributed by atoms with Gasteiger partial charge in [0.1, 0.15) is 0 Å². The molecule has 0 aromatic heterocycles. The zero-order valence-electron chi connectivity index (χ0n) is 18.9. The van der Waals surface area contributed by atoms with Crippen molar-refractivity contribution in [2.45, 2.75) is 98.2 Å². The molecule has 0 bridgehead atoms. The first-order valence-electron chi connectivity index (χ1n) is 10.5. The standard InChI is InChI=1S/C21H42O5Si/c1-9-21(18(22)24-10-2,19(23)25-11-3)16-14-12-13-15-17-26-27(7,8)20(4,5)6/h9-17H2,1-8H3. The molecule has 0 radical (unpaired) electrons. The van der Waals surface area contributed by atoms with Gasteiger partial charge >= 0.3 is 11.9 Å². The van der Waals surface area contributed by atoms with Crippen LogP contribution in [0.5, 0.6) is 0 Å². The van der Waals surface area contributed by atoms with E-state index in [9.17, 15) is 9.59 Å². The quantitative estimate of drug-likeness (QED) is 0.177. The maximum absolute atomic E-state index is 12.4. The number of unbranched alkanes of at least 4 members (excludes halogenated alkanes) is 3. The number of carbonyl (C=O) groups excluding carboxylic acids is 2. The molecule has 5 nitrogen and oxygen atoms in total. The maximum Gasteiger partial charge on any atom is 0.323 e. The molecular formula is C21H42O5Si. The van der Waals surface area contributed by atoms with E-state index in [1.54, 1.807) is 13.8 Å². The lowest BCUT2D eigenvalue weighted by Crippen LogP contribution is -2.41. The van der Waals surface area contributed by atoms with Crippen LogP contribution in [0, 0.1) is 5.41 Å². The molecule has 0 aliphatic heterocycles. The summed E-state index contributed by atoms with van der Waals surface area (Å²) in [5.74, 6) is -0.903. The van der Waals surface area contributed by atoms with Crippen molar-refractivity contribution in [2.75, 3.05) is 19.8 Å². The minimum atomic E-state index is -1.68. The largest absolute Gasteiger partial charge is 0.465 e. The SMILES string of the molecule is CCOC(=O)C(CC)(CCCCCCO[Si](C)(C)C(C)(C)C)C(=O)OCC. The van der Waals surface area contributed by atoms with Gasteiger partial charge in [0, 0.05) is 6.61 Å². The van der Waals surface area contributed by atoms with Crippen molar-refractivity contribution in [2.24, 2.45) is 5.41 Å². The van der Waals surface area contributed by atoms with Gasteiger partial charge in [-0.15, -0.1) is 0 Å². The van der Waals surface area contributed by atoms with Gasteiger partial charge in [-0.1, -0.05) is 47.0 Å². The highest BCUT2D eigenvalue weighted by atomic mass is 28.4. The lowest BCUT2D eigenvalue weighted by atomic mass is 9.80. The van der Waals surface area contributed by atoms with Gasteiger partial charge in [0.05, 0.1) is 13.2 Å². The first kappa shape index (κ1) is 26.1. The van der Waals surface area contributed by atoms with Crippen LogP contribution < -0.4 is 0 Å². The number of ether oxygens (including phenoxy) is 2. The Morgan fingerprint density at radius 2 is 1.30 bits per heavy atom. The molecule has 0 heterocycles. The molecule has 0 aliphatic rings. The summed E-state index contributed by atoms with van der Waals surface area (Å²) in [5, 5.41) is 0.229. The second-order valence-corrected chi connectivity index (χ2v) is 13.5. The van der Waals surface area contributed by atoms with Gasteiger partial charge < -0.3 is 13.9 Å². The van der Waals surface area contributed by atoms with E-state index in [0.717, 1.165) is 32.3 Å². The normalized spacial score (nSPS) is 12.7. The summed E-state index contributed by atoms with van der Waals surface area (Å²) >= 11 is 0. The summed E-state index contributed by atoms with van der Waals surface area (Å²) in [7, 11) is -1.68. The molecule has 0 unspecified atom stereocenters. The molecule has 0 aromatic carbocycles. The molecule has 0 fully saturated rings. The van der Waals surface area contributed by atoms with Crippen LogP contribution in [0.25, 0.3) is 0 Å². The minimum absolute atomic E-state index is 0.229. The van der Waals surface area contributed by atoms with Crippen molar-refractivity contribution in [3.8, 4) is 0 Å². The van der Waals surface area contributed by atoms with Crippen molar-refractivity contribution in [1.82, 2.24) is 0 Å². The van der Waals surface area contributed by atoms with Gasteiger partial charge in [-0.3, -0.25) is 9.59 Å². The first-order valence-corrected chi connectivity index (χ1v) is 13.4. The van der Waals surface area contributed by atoms with E-state index in [0.29, 0.717) is 12.8 Å². The summed E-state index contributed by atoms with van der Waals surface area (Å²) < 4.78 is 16.5. The van der Waals surface area contributed by atoms with E-state index >= 15 is 0 Å². The number of carbonyl (C=O) groups is 2. The van der Waals surface area contributed by atoms with Crippen molar-refractivity contribution in [3.05, 3.63) is 0 Å². The molecule has 160 valence electrons. The molecule has 0 rings (SSSR count). The molecule has 0 aromatic rings. The van der Waals surface area contributed by atoms with Gasteiger partial charge in [-0.25, -0.2) is 0 Å². The Morgan fingerprint density at radius 3 is 1.70 bits per heavy atom. The Bertz CT molecular complexity index is 436. The zero-order chi connectivity index (χ0) is 21.1. The maximum atomic E-state index is 12.4. The van der Waals surface area contributed by atoms with Crippen LogP contribution in [-0.4, -0.2) is 40.1 Å². The van der Waals surface area contributed by atoms with Crippen LogP contribution >= 0.6 is 0 Å². The third kappa shape index (κ3) is 7.94. The highest BCUT2D eigenvalue weighted by Gasteiger charge is 2.46. The van der Waals surface area contributed by atoms with E-state index in [4.69, 9.17) is 13.9 Å². The Balaban J connectivity index is 4.50. The Morgan fingerprint density at radius 1 is 0.815 bits per heavy atom. The van der Waals surface area contributed by atoms with Gasteiger partial charge in [0.25, 0.3) is 0 Å². The summed E-state index contributed by atoms with van der Waals surface area (Å²) in [6.07, 6.45) is 4.67. The number of rotatable bonds is 13. The van der Waals surface area contributed by atoms with Crippen molar-refractivity contribution >= 4 is 20.3 Å². The topological polar surface area (TPSA) is 61.8 Å². The number of hydrogen-bond acceptors (Lipinski definition) is 5. The molecular weight excluding hydrogens is 360 g/mol. The highest BCUT2D eigenvalue weighted by molar-refractivity contribution is 6.74. The fraction of sp³-hybridized carbons (Fsp3) is 0.905. The monoisotopic (exact) mass is 402 g/mol. The third-order valence-electron chi connectivity index (χ3n) is 5.70. The predicted molar refractivity (Wildman–Crippen MR) is 112 cm³/mol. The predicted octanol–water partition coefficient (Wildman–Crippen LogP) is 5.48. The molecule has 0 aliphatic carbocycles. The van der Waals surface area contributed by atoms with Crippen molar-refractivity contribution in [1.29, 1.82) is 0 Å². The van der Waals surface area contributed by atoms with Crippen LogP contribution in [0.4, 0.5) is 0 Å². The highest BCUT2D eigenvalue weighted by Crippen LogP contribution is 2.37. The summed E-state index contributed by atoms with van der Waals surface area (Å²) in [6, 6.07) is 0. The van der Waals surface area contributed by atoms with Gasteiger partial charge in [-0.2, -0.15) is 0 Å². The van der Waals surface area contributed by atoms with Crippen LogP contribution in [0.2, 0.25) is 18.1 Å². The summed E-state index contributed by atoms with van der Waals surface area (Å²) in [6.45, 7) is 17.9. The van der Waals surface area contributed by atoms with E-state index in [2.05, 4.69) is 33.9 Å². The van der Waals surface area contributed by atoms with E-state index in [1.807, 2.05) is 6.92 Å². The van der Waals surface area contributed by atoms with Crippen molar-refractivity contribution in [3.63, 3.8) is 0 Å². The summed E-state index contributed by atoms with van der Waals surface area (Å²) in [5.41, 5.74) is -1.16. The molecule has 0 spiro atoms. The van der Waals surface area contributed by atoms with Gasteiger partial charge in [0.2, 0.25) is 0 Å². The molecule has 0 N–H and O–H groups in total. The van der Waals surface area contributed by atoms with E-state index < -0.39 is 25.7 Å². The fourth-order valence-electron chi connectivity index (χ4n) is 2.72. The van der Waals surface area contributed by atoms with E-state index in [1.165, 1.54) is 0 Å². The Labute approximate surface area is 167 Å². The first-order chi connectivity index (χ1) is 12.5. The third-order valence-corrected chi connectivity index (χ3v) is 10.2. The van der Waals surface area contributed by atoms with Gasteiger partial charge in [-0.05, 0) is 51.2 Å². The fourth-order valence-corrected chi connectivity index (χ4v) is 3.81. The molecule has 27 heavy (non-hydrogen) atoms. The number of esters is 2. The Kier molecular flexibility index (Phi) is 11.5. The molecule has 0 saturated carbocycles. The average Bonchev–Trinajstić information content (AvgIpc) is 2.57. The lowest BCUT2D eigenvalue weighted by Gasteiger charge is -2.36. The molecule has 0 atom stereocenters. The second kappa shape index (κ2) is 11.8. The zero-order valence-corrected chi connectivity index (χ0v) is 19.9. The summed E-state index contributed by atoms with van der Waals surface area (Å²) in [4.78, 5) is 24.9. The number of hydrogen-bond donors (Lipinski definition) is 0. The lowest BCUT2D eigenvalue weighted by molar-refractivity contribution is -0.173. The van der Waals surface area contributed by atoms with E-state index in [-0.39, 0.29) is 18.3 Å². The van der Waals surface area contributed by atoms with Crippen LogP contribution in [0.3, 0.4) is 0 Å². The van der Waals surface area contributed by atoms with Crippen molar-refractivity contribution < 1.29 is 23.5 Å². The average molecular weight is 403 g/mol. The smallest absolute Gasteiger partial charge is 0.323 e. The molecule has 0 amide bonds. The van der Waals surface area contributed by atoms with Crippen LogP contribution in [0.15, 0.2) is 0 Å².